The van der Waals surface area contributed by atoms with Crippen LogP contribution in [0.4, 0.5) is 0 Å². The van der Waals surface area contributed by atoms with E-state index in [0.717, 1.165) is 0 Å². The molecule has 6 nitrogen and oxygen atoms in total. The summed E-state index contributed by atoms with van der Waals surface area (Å²) in [7, 11) is 0. The van der Waals surface area contributed by atoms with Crippen molar-refractivity contribution in [3.63, 3.8) is 0 Å². The number of carbonyl (C=O) groups excluding carboxylic acids is 2. The van der Waals surface area contributed by atoms with Crippen molar-refractivity contribution in [2.24, 2.45) is 0 Å². The van der Waals surface area contributed by atoms with Crippen LogP contribution in [0.25, 0.3) is 0 Å². The molecule has 0 unspecified atom stereocenters. The summed E-state index contributed by atoms with van der Waals surface area (Å²) in [6.07, 6.45) is 0.248. The molecular weight excluding hydrogens is 403 g/mol. The molecule has 1 aliphatic heterocycles. The Morgan fingerprint density at radius 2 is 1.61 bits per heavy atom. The molecule has 2 amide bonds. The Morgan fingerprint density at radius 3 is 2.25 bits per heavy atom. The molecule has 0 spiro atoms. The van der Waals surface area contributed by atoms with Crippen molar-refractivity contribution >= 4 is 35.0 Å². The lowest BCUT2D eigenvalue weighted by molar-refractivity contribution is -0.133. The van der Waals surface area contributed by atoms with Gasteiger partial charge in [0.1, 0.15) is 11.5 Å². The van der Waals surface area contributed by atoms with Crippen molar-refractivity contribution in [1.29, 1.82) is 0 Å². The van der Waals surface area contributed by atoms with Crippen LogP contribution in [-0.4, -0.2) is 59.5 Å². The van der Waals surface area contributed by atoms with Crippen LogP contribution in [-0.2, 0) is 4.79 Å². The Labute approximate surface area is 173 Å². The average Bonchev–Trinajstić information content (AvgIpc) is 2.69. The van der Waals surface area contributed by atoms with Crippen molar-refractivity contribution in [3.8, 4) is 11.5 Å². The van der Waals surface area contributed by atoms with Gasteiger partial charge in [0.05, 0.1) is 23.6 Å². The number of benzene rings is 2. The van der Waals surface area contributed by atoms with E-state index in [2.05, 4.69) is 0 Å². The van der Waals surface area contributed by atoms with E-state index in [4.69, 9.17) is 27.9 Å². The summed E-state index contributed by atoms with van der Waals surface area (Å²) in [6.45, 7) is 2.08. The summed E-state index contributed by atoms with van der Waals surface area (Å²) in [5.74, 6) is 0.580. The minimum atomic E-state index is -0.163. The average molecular weight is 423 g/mol. The fourth-order valence-electron chi connectivity index (χ4n) is 2.95. The zero-order valence-corrected chi connectivity index (χ0v) is 16.6. The Balaban J connectivity index is 1.45. The number of phenolic OH excluding ortho intramolecular Hbond substituents is 1. The Bertz CT molecular complexity index is 850. The molecule has 1 saturated heterocycles. The van der Waals surface area contributed by atoms with Crippen molar-refractivity contribution in [3.05, 3.63) is 58.1 Å². The van der Waals surface area contributed by atoms with Crippen LogP contribution in [0, 0.1) is 0 Å². The summed E-state index contributed by atoms with van der Waals surface area (Å²) >= 11 is 12.0. The van der Waals surface area contributed by atoms with Crippen molar-refractivity contribution < 1.29 is 19.4 Å². The molecule has 1 aliphatic rings. The van der Waals surface area contributed by atoms with Gasteiger partial charge in [0.15, 0.2) is 0 Å². The van der Waals surface area contributed by atoms with E-state index in [-0.39, 0.29) is 30.6 Å². The highest BCUT2D eigenvalue weighted by molar-refractivity contribution is 6.36. The van der Waals surface area contributed by atoms with Gasteiger partial charge < -0.3 is 19.6 Å². The lowest BCUT2D eigenvalue weighted by Gasteiger charge is -2.35. The number of carbonyl (C=O) groups is 2. The first-order valence-electron chi connectivity index (χ1n) is 8.88. The van der Waals surface area contributed by atoms with Gasteiger partial charge >= 0.3 is 0 Å². The van der Waals surface area contributed by atoms with Crippen molar-refractivity contribution in [2.45, 2.75) is 6.42 Å². The summed E-state index contributed by atoms with van der Waals surface area (Å²) < 4.78 is 5.51. The molecule has 0 atom stereocenters. The van der Waals surface area contributed by atoms with E-state index in [1.54, 1.807) is 40.1 Å². The maximum atomic E-state index is 12.6. The zero-order chi connectivity index (χ0) is 20.1. The fraction of sp³-hybridized carbons (Fsp3) is 0.300. The molecule has 0 bridgehead atoms. The molecule has 2 aromatic carbocycles. The highest BCUT2D eigenvalue weighted by atomic mass is 35.5. The topological polar surface area (TPSA) is 70.1 Å². The maximum Gasteiger partial charge on any atom is 0.255 e. The Morgan fingerprint density at radius 1 is 0.964 bits per heavy atom. The summed E-state index contributed by atoms with van der Waals surface area (Å²) in [5.41, 5.74) is 0.410. The first-order chi connectivity index (χ1) is 13.4. The number of nitrogens with zero attached hydrogens (tertiary/aromatic N) is 2. The molecule has 148 valence electrons. The van der Waals surface area contributed by atoms with E-state index < -0.39 is 0 Å². The molecule has 1 fully saturated rings. The molecule has 0 radical (unpaired) electrons. The molecule has 1 heterocycles. The van der Waals surface area contributed by atoms with Crippen LogP contribution < -0.4 is 4.74 Å². The number of aromatic hydroxyl groups is 1. The molecule has 0 saturated carbocycles. The van der Waals surface area contributed by atoms with E-state index >= 15 is 0 Å². The maximum absolute atomic E-state index is 12.6. The van der Waals surface area contributed by atoms with Gasteiger partial charge in [-0.2, -0.15) is 0 Å². The van der Waals surface area contributed by atoms with E-state index in [1.807, 2.05) is 0 Å². The molecular formula is C20H20Cl2N2O4. The number of ether oxygens (including phenoxy) is 1. The molecule has 8 heteroatoms. The van der Waals surface area contributed by atoms with Crippen LogP contribution in [0.3, 0.4) is 0 Å². The van der Waals surface area contributed by atoms with Gasteiger partial charge in [0.25, 0.3) is 5.91 Å². The standard InChI is InChI=1S/C20H20Cl2N2O4/c21-14-1-6-17(18(22)13-14)20(27)24-10-8-23(9-11-24)19(26)7-12-28-16-4-2-15(25)3-5-16/h1-6,13,25H,7-12H2. The van der Waals surface area contributed by atoms with Crippen LogP contribution in [0.15, 0.2) is 42.5 Å². The molecule has 28 heavy (non-hydrogen) atoms. The number of piperazine rings is 1. The van der Waals surface area contributed by atoms with Gasteiger partial charge in [-0.25, -0.2) is 0 Å². The number of hydrogen-bond acceptors (Lipinski definition) is 4. The predicted molar refractivity (Wildman–Crippen MR) is 107 cm³/mol. The molecule has 2 aromatic rings. The largest absolute Gasteiger partial charge is 0.508 e. The summed E-state index contributed by atoms with van der Waals surface area (Å²) in [6, 6.07) is 11.1. The summed E-state index contributed by atoms with van der Waals surface area (Å²) in [4.78, 5) is 28.4. The van der Waals surface area contributed by atoms with Gasteiger partial charge in [-0.15, -0.1) is 0 Å². The number of amides is 2. The van der Waals surface area contributed by atoms with Gasteiger partial charge in [-0.1, -0.05) is 23.2 Å². The highest BCUT2D eigenvalue weighted by Gasteiger charge is 2.25. The van der Waals surface area contributed by atoms with Crippen LogP contribution in [0.5, 0.6) is 11.5 Å². The first kappa shape index (κ1) is 20.3. The third-order valence-electron chi connectivity index (χ3n) is 4.50. The van der Waals surface area contributed by atoms with E-state index in [0.29, 0.717) is 47.5 Å². The van der Waals surface area contributed by atoms with Crippen LogP contribution >= 0.6 is 23.2 Å². The number of hydrogen-bond donors (Lipinski definition) is 1. The normalized spacial score (nSPS) is 14.1. The van der Waals surface area contributed by atoms with E-state index in [1.165, 1.54) is 12.1 Å². The number of halogens is 2. The summed E-state index contributed by atoms with van der Waals surface area (Å²) in [5, 5.41) is 10.0. The minimum absolute atomic E-state index is 0.0181. The predicted octanol–water partition coefficient (Wildman–Crippen LogP) is 3.45. The Hall–Kier alpha value is -2.44. The van der Waals surface area contributed by atoms with Crippen LogP contribution in [0.1, 0.15) is 16.8 Å². The molecule has 0 aromatic heterocycles. The SMILES string of the molecule is O=C(CCOc1ccc(O)cc1)N1CCN(C(=O)c2ccc(Cl)cc2Cl)CC1. The lowest BCUT2D eigenvalue weighted by atomic mass is 10.1. The minimum Gasteiger partial charge on any atom is -0.508 e. The number of rotatable bonds is 5. The third-order valence-corrected chi connectivity index (χ3v) is 5.05. The van der Waals surface area contributed by atoms with Gasteiger partial charge in [-0.05, 0) is 42.5 Å². The second-order valence-electron chi connectivity index (χ2n) is 6.39. The van der Waals surface area contributed by atoms with Gasteiger partial charge in [0.2, 0.25) is 5.91 Å². The number of phenols is 1. The second-order valence-corrected chi connectivity index (χ2v) is 7.23. The van der Waals surface area contributed by atoms with E-state index in [9.17, 15) is 14.7 Å². The Kier molecular flexibility index (Phi) is 6.65. The first-order valence-corrected chi connectivity index (χ1v) is 9.63. The lowest BCUT2D eigenvalue weighted by Crippen LogP contribution is -2.50. The molecule has 0 aliphatic carbocycles. The highest BCUT2D eigenvalue weighted by Crippen LogP contribution is 2.23. The van der Waals surface area contributed by atoms with Crippen molar-refractivity contribution in [1.82, 2.24) is 9.80 Å². The fourth-order valence-corrected chi connectivity index (χ4v) is 3.44. The van der Waals surface area contributed by atoms with Gasteiger partial charge in [-0.3, -0.25) is 9.59 Å². The van der Waals surface area contributed by atoms with Gasteiger partial charge in [0, 0.05) is 31.2 Å². The monoisotopic (exact) mass is 422 g/mol. The zero-order valence-electron chi connectivity index (χ0n) is 15.1. The molecule has 1 N–H and O–H groups in total. The molecule has 3 rings (SSSR count). The quantitative estimate of drug-likeness (QED) is 0.800. The second kappa shape index (κ2) is 9.17. The van der Waals surface area contributed by atoms with Crippen molar-refractivity contribution in [2.75, 3.05) is 32.8 Å². The third kappa shape index (κ3) is 5.09. The smallest absolute Gasteiger partial charge is 0.255 e. The van der Waals surface area contributed by atoms with Crippen LogP contribution in [0.2, 0.25) is 10.0 Å².